The molecular formula is C18H32N2. The molecule has 0 amide bonds. The molecule has 0 heterocycles. The van der Waals surface area contributed by atoms with Crippen molar-refractivity contribution in [1.82, 2.24) is 10.2 Å². The molecule has 5 saturated carbocycles. The van der Waals surface area contributed by atoms with Crippen LogP contribution in [0.4, 0.5) is 0 Å². The Morgan fingerprint density at radius 2 is 1.55 bits per heavy atom. The summed E-state index contributed by atoms with van der Waals surface area (Å²) in [6, 6.07) is 0.867. The van der Waals surface area contributed by atoms with E-state index in [4.69, 9.17) is 0 Å². The van der Waals surface area contributed by atoms with Gasteiger partial charge < -0.3 is 10.2 Å². The van der Waals surface area contributed by atoms with Crippen LogP contribution in [0.3, 0.4) is 0 Å². The summed E-state index contributed by atoms with van der Waals surface area (Å²) in [6.45, 7) is 3.77. The number of hydrogen-bond acceptors (Lipinski definition) is 2. The minimum absolute atomic E-state index is 0.771. The first kappa shape index (κ1) is 13.6. The lowest BCUT2D eigenvalue weighted by Crippen LogP contribution is -2.47. The van der Waals surface area contributed by atoms with Gasteiger partial charge in [0.05, 0.1) is 0 Å². The van der Waals surface area contributed by atoms with Crippen LogP contribution in [0.1, 0.15) is 57.8 Å². The van der Waals surface area contributed by atoms with Gasteiger partial charge in [0, 0.05) is 19.1 Å². The Labute approximate surface area is 124 Å². The summed E-state index contributed by atoms with van der Waals surface area (Å²) in [5.74, 6) is 3.34. The summed E-state index contributed by atoms with van der Waals surface area (Å²) in [7, 11) is 2.33. The van der Waals surface area contributed by atoms with Gasteiger partial charge in [-0.2, -0.15) is 0 Å². The van der Waals surface area contributed by atoms with Gasteiger partial charge in [-0.15, -0.1) is 0 Å². The van der Waals surface area contributed by atoms with E-state index in [0.29, 0.717) is 0 Å². The molecule has 5 fully saturated rings. The van der Waals surface area contributed by atoms with Gasteiger partial charge in [-0.05, 0) is 94.5 Å². The zero-order valence-corrected chi connectivity index (χ0v) is 13.2. The van der Waals surface area contributed by atoms with Gasteiger partial charge in [0.1, 0.15) is 0 Å². The van der Waals surface area contributed by atoms with Gasteiger partial charge in [0.15, 0.2) is 0 Å². The van der Waals surface area contributed by atoms with Crippen molar-refractivity contribution in [2.24, 2.45) is 23.2 Å². The van der Waals surface area contributed by atoms with Gasteiger partial charge in [0.25, 0.3) is 0 Å². The maximum absolute atomic E-state index is 3.64. The maximum atomic E-state index is 3.64. The first-order chi connectivity index (χ1) is 9.71. The van der Waals surface area contributed by atoms with E-state index in [-0.39, 0.29) is 0 Å². The molecule has 0 aromatic heterocycles. The van der Waals surface area contributed by atoms with E-state index in [1.165, 1.54) is 38.9 Å². The zero-order chi connectivity index (χ0) is 13.6. The summed E-state index contributed by atoms with van der Waals surface area (Å²) < 4.78 is 0. The molecule has 0 spiro atoms. The molecule has 5 aliphatic carbocycles. The second-order valence-corrected chi connectivity index (χ2v) is 8.70. The minimum atomic E-state index is 0.771. The fourth-order valence-corrected chi connectivity index (χ4v) is 5.88. The topological polar surface area (TPSA) is 15.3 Å². The average molecular weight is 276 g/mol. The van der Waals surface area contributed by atoms with Crippen LogP contribution in [0.15, 0.2) is 0 Å². The molecule has 0 saturated heterocycles. The highest BCUT2D eigenvalue weighted by atomic mass is 15.1. The molecule has 2 heteroatoms. The highest BCUT2D eigenvalue weighted by molar-refractivity contribution is 5.01. The minimum Gasteiger partial charge on any atom is -0.313 e. The van der Waals surface area contributed by atoms with Crippen LogP contribution in [0.2, 0.25) is 0 Å². The molecule has 0 aromatic rings. The predicted octanol–water partition coefficient (Wildman–Crippen LogP) is 3.28. The quantitative estimate of drug-likeness (QED) is 0.768. The summed E-state index contributed by atoms with van der Waals surface area (Å²) >= 11 is 0. The maximum Gasteiger partial charge on any atom is 0.0104 e. The van der Waals surface area contributed by atoms with Crippen LogP contribution in [-0.2, 0) is 0 Å². The normalized spacial score (nSPS) is 42.6. The van der Waals surface area contributed by atoms with Crippen molar-refractivity contribution < 1.29 is 0 Å². The third-order valence-electron chi connectivity index (χ3n) is 6.69. The van der Waals surface area contributed by atoms with Crippen molar-refractivity contribution in [3.63, 3.8) is 0 Å². The molecule has 4 bridgehead atoms. The number of rotatable bonds is 7. The number of nitrogens with zero attached hydrogens (tertiary/aromatic N) is 1. The second kappa shape index (κ2) is 5.28. The summed E-state index contributed by atoms with van der Waals surface area (Å²) in [6.07, 6.45) is 13.8. The van der Waals surface area contributed by atoms with Gasteiger partial charge >= 0.3 is 0 Å². The first-order valence-corrected chi connectivity index (χ1v) is 9.13. The van der Waals surface area contributed by atoms with Gasteiger partial charge in [-0.25, -0.2) is 0 Å². The molecule has 1 N–H and O–H groups in total. The molecular weight excluding hydrogens is 244 g/mol. The molecule has 2 nitrogen and oxygen atoms in total. The first-order valence-electron chi connectivity index (χ1n) is 9.13. The lowest BCUT2D eigenvalue weighted by atomic mass is 9.49. The van der Waals surface area contributed by atoms with E-state index in [1.54, 1.807) is 38.5 Å². The fourth-order valence-electron chi connectivity index (χ4n) is 5.88. The van der Waals surface area contributed by atoms with E-state index in [2.05, 4.69) is 17.3 Å². The second-order valence-electron chi connectivity index (χ2n) is 8.70. The third-order valence-corrected chi connectivity index (χ3v) is 6.69. The summed E-state index contributed by atoms with van der Waals surface area (Å²) in [4.78, 5) is 2.58. The Balaban J connectivity index is 1.24. The van der Waals surface area contributed by atoms with Crippen molar-refractivity contribution >= 4 is 0 Å². The monoisotopic (exact) mass is 276 g/mol. The van der Waals surface area contributed by atoms with E-state index >= 15 is 0 Å². The van der Waals surface area contributed by atoms with Crippen molar-refractivity contribution in [2.75, 3.05) is 26.7 Å². The third kappa shape index (κ3) is 2.92. The summed E-state index contributed by atoms with van der Waals surface area (Å²) in [5.41, 5.74) is 0.771. The SMILES string of the molecule is CN(CCNC1CC1)CCC12CC3CC(CC(C3)C1)C2. The Hall–Kier alpha value is -0.0800. The van der Waals surface area contributed by atoms with Crippen LogP contribution in [-0.4, -0.2) is 37.6 Å². The molecule has 0 unspecified atom stereocenters. The lowest BCUT2D eigenvalue weighted by molar-refractivity contribution is -0.0602. The Morgan fingerprint density at radius 3 is 2.10 bits per heavy atom. The van der Waals surface area contributed by atoms with E-state index in [0.717, 1.165) is 29.2 Å². The molecule has 0 atom stereocenters. The van der Waals surface area contributed by atoms with Gasteiger partial charge in [-0.1, -0.05) is 0 Å². The molecule has 0 aliphatic heterocycles. The number of nitrogens with one attached hydrogen (secondary N) is 1. The number of likely N-dealkylation sites (N-methyl/N-ethyl adjacent to an activating group) is 1. The van der Waals surface area contributed by atoms with Crippen LogP contribution in [0.25, 0.3) is 0 Å². The molecule has 20 heavy (non-hydrogen) atoms. The standard InChI is InChI=1S/C18H32N2/c1-20(7-5-19-17-2-3-17)6-4-18-11-14-8-15(12-18)10-16(9-14)13-18/h14-17,19H,2-13H2,1H3. The Bertz CT molecular complexity index is 312. The van der Waals surface area contributed by atoms with Crippen molar-refractivity contribution in [2.45, 2.75) is 63.8 Å². The lowest BCUT2D eigenvalue weighted by Gasteiger charge is -2.57. The van der Waals surface area contributed by atoms with Crippen molar-refractivity contribution in [3.8, 4) is 0 Å². The van der Waals surface area contributed by atoms with E-state index < -0.39 is 0 Å². The van der Waals surface area contributed by atoms with Gasteiger partial charge in [0.2, 0.25) is 0 Å². The average Bonchev–Trinajstić information content (AvgIpc) is 3.19. The highest BCUT2D eigenvalue weighted by Crippen LogP contribution is 2.61. The Kier molecular flexibility index (Phi) is 3.58. The van der Waals surface area contributed by atoms with Gasteiger partial charge in [-0.3, -0.25) is 0 Å². The fraction of sp³-hybridized carbons (Fsp3) is 1.00. The zero-order valence-electron chi connectivity index (χ0n) is 13.2. The van der Waals surface area contributed by atoms with E-state index in [9.17, 15) is 0 Å². The van der Waals surface area contributed by atoms with Crippen molar-refractivity contribution in [3.05, 3.63) is 0 Å². The smallest absolute Gasteiger partial charge is 0.0104 e. The predicted molar refractivity (Wildman–Crippen MR) is 83.7 cm³/mol. The van der Waals surface area contributed by atoms with Crippen molar-refractivity contribution in [1.29, 1.82) is 0 Å². The van der Waals surface area contributed by atoms with Crippen LogP contribution >= 0.6 is 0 Å². The van der Waals surface area contributed by atoms with E-state index in [1.807, 2.05) is 0 Å². The molecule has 5 aliphatic rings. The van der Waals surface area contributed by atoms with Crippen LogP contribution in [0, 0.1) is 23.2 Å². The molecule has 0 radical (unpaired) electrons. The summed E-state index contributed by atoms with van der Waals surface area (Å²) in [5, 5.41) is 3.64. The van der Waals surface area contributed by atoms with Crippen LogP contribution < -0.4 is 5.32 Å². The number of hydrogen-bond donors (Lipinski definition) is 1. The Morgan fingerprint density at radius 1 is 0.950 bits per heavy atom. The molecule has 5 rings (SSSR count). The molecule has 114 valence electrons. The largest absolute Gasteiger partial charge is 0.313 e. The highest BCUT2D eigenvalue weighted by Gasteiger charge is 2.50. The van der Waals surface area contributed by atoms with Crippen LogP contribution in [0.5, 0.6) is 0 Å². The molecule has 0 aromatic carbocycles.